The van der Waals surface area contributed by atoms with Crippen molar-refractivity contribution in [2.75, 3.05) is 6.61 Å². The van der Waals surface area contributed by atoms with E-state index in [0.717, 1.165) is 57.8 Å². The van der Waals surface area contributed by atoms with Gasteiger partial charge in [0.2, 0.25) is 5.91 Å². The molecule has 55 heavy (non-hydrogen) atoms. The van der Waals surface area contributed by atoms with Crippen molar-refractivity contribution in [2.45, 2.75) is 276 Å². The molecule has 0 aliphatic carbocycles. The zero-order valence-electron chi connectivity index (χ0n) is 37.2. The van der Waals surface area contributed by atoms with Gasteiger partial charge in [0.05, 0.1) is 18.8 Å². The highest BCUT2D eigenvalue weighted by atomic mass is 16.3. The first kappa shape index (κ1) is 53.6. The molecule has 0 fully saturated rings. The molecule has 0 rings (SSSR count). The zero-order valence-corrected chi connectivity index (χ0v) is 37.2. The molecular formula is C51H97NO3. The lowest BCUT2D eigenvalue weighted by Gasteiger charge is -2.22. The highest BCUT2D eigenvalue weighted by Gasteiger charge is 2.20. The summed E-state index contributed by atoms with van der Waals surface area (Å²) in [5, 5.41) is 23.2. The molecule has 2 unspecified atom stereocenters. The van der Waals surface area contributed by atoms with Gasteiger partial charge in [0, 0.05) is 6.42 Å². The van der Waals surface area contributed by atoms with Crippen LogP contribution in [0.5, 0.6) is 0 Å². The van der Waals surface area contributed by atoms with Crippen LogP contribution >= 0.6 is 0 Å². The summed E-state index contributed by atoms with van der Waals surface area (Å²) in [6.45, 7) is 4.26. The highest BCUT2D eigenvalue weighted by Crippen LogP contribution is 2.17. The summed E-state index contributed by atoms with van der Waals surface area (Å²) >= 11 is 0. The van der Waals surface area contributed by atoms with E-state index in [1.807, 2.05) is 0 Å². The molecule has 0 saturated heterocycles. The molecule has 0 saturated carbocycles. The van der Waals surface area contributed by atoms with E-state index in [1.165, 1.54) is 180 Å². The largest absolute Gasteiger partial charge is 0.394 e. The summed E-state index contributed by atoms with van der Waals surface area (Å²) in [6, 6.07) is -0.545. The molecule has 0 aliphatic heterocycles. The van der Waals surface area contributed by atoms with Crippen LogP contribution in [0.1, 0.15) is 264 Å². The average Bonchev–Trinajstić information content (AvgIpc) is 3.19. The standard InChI is InChI=1S/C51H97NO3/c1-3-5-7-9-11-13-15-17-19-20-21-22-23-24-25-26-27-28-29-30-31-33-34-36-38-40-42-44-46-50(54)49(48-53)52-51(55)47-45-43-41-39-37-35-32-18-16-14-12-10-8-6-4-2/h6,8,12,14,18,32,49-50,53-54H,3-5,7,9-11,13,15-17,19-31,33-48H2,1-2H3,(H,52,55)/b8-6-,14-12-,32-18-. The van der Waals surface area contributed by atoms with Gasteiger partial charge in [-0.1, -0.05) is 249 Å². The number of aliphatic hydroxyl groups excluding tert-OH is 2. The number of allylic oxidation sites excluding steroid dienone is 6. The van der Waals surface area contributed by atoms with Crippen LogP contribution in [-0.4, -0.2) is 34.9 Å². The number of carbonyl (C=O) groups excluding carboxylic acids is 1. The summed E-state index contributed by atoms with van der Waals surface area (Å²) in [5.74, 6) is -0.0466. The van der Waals surface area contributed by atoms with Gasteiger partial charge in [0.15, 0.2) is 0 Å². The van der Waals surface area contributed by atoms with E-state index in [2.05, 4.69) is 55.6 Å². The van der Waals surface area contributed by atoms with Crippen LogP contribution in [0.2, 0.25) is 0 Å². The molecular weight excluding hydrogens is 675 g/mol. The normalized spacial score (nSPS) is 13.2. The first-order chi connectivity index (χ1) is 27.2. The van der Waals surface area contributed by atoms with Gasteiger partial charge in [-0.3, -0.25) is 4.79 Å². The van der Waals surface area contributed by atoms with E-state index in [-0.39, 0.29) is 12.5 Å². The average molecular weight is 772 g/mol. The van der Waals surface area contributed by atoms with E-state index in [1.54, 1.807) is 0 Å². The van der Waals surface area contributed by atoms with Gasteiger partial charge in [0.25, 0.3) is 0 Å². The van der Waals surface area contributed by atoms with E-state index in [0.29, 0.717) is 12.8 Å². The third-order valence-corrected chi connectivity index (χ3v) is 11.4. The number of hydrogen-bond acceptors (Lipinski definition) is 3. The van der Waals surface area contributed by atoms with Crippen LogP contribution in [0, 0.1) is 0 Å². The Hall–Kier alpha value is -1.39. The van der Waals surface area contributed by atoms with Gasteiger partial charge in [-0.2, -0.15) is 0 Å². The molecule has 4 nitrogen and oxygen atoms in total. The molecule has 0 spiro atoms. The SMILES string of the molecule is CC/C=C\C/C=C\C/C=C\CCCCCCCC(=O)NC(CO)C(O)CCCCCCCCCCCCCCCCCCCCCCCCCCCCCC. The predicted molar refractivity (Wildman–Crippen MR) is 244 cm³/mol. The smallest absolute Gasteiger partial charge is 0.220 e. The van der Waals surface area contributed by atoms with Gasteiger partial charge in [-0.05, 0) is 44.9 Å². The molecule has 2 atom stereocenters. The number of amides is 1. The lowest BCUT2D eigenvalue weighted by Crippen LogP contribution is -2.45. The lowest BCUT2D eigenvalue weighted by molar-refractivity contribution is -0.123. The van der Waals surface area contributed by atoms with Gasteiger partial charge >= 0.3 is 0 Å². The number of hydrogen-bond donors (Lipinski definition) is 3. The van der Waals surface area contributed by atoms with Crippen LogP contribution in [0.4, 0.5) is 0 Å². The van der Waals surface area contributed by atoms with E-state index in [9.17, 15) is 15.0 Å². The monoisotopic (exact) mass is 772 g/mol. The van der Waals surface area contributed by atoms with Crippen molar-refractivity contribution < 1.29 is 15.0 Å². The quantitative estimate of drug-likeness (QED) is 0.0426. The van der Waals surface area contributed by atoms with E-state index >= 15 is 0 Å². The summed E-state index contributed by atoms with van der Waals surface area (Å²) in [5.41, 5.74) is 0. The van der Waals surface area contributed by atoms with Crippen LogP contribution in [0.15, 0.2) is 36.5 Å². The Balaban J connectivity index is 3.44. The van der Waals surface area contributed by atoms with Crippen molar-refractivity contribution in [3.05, 3.63) is 36.5 Å². The summed E-state index contributed by atoms with van der Waals surface area (Å²) in [7, 11) is 0. The molecule has 0 radical (unpaired) electrons. The molecule has 0 aromatic rings. The predicted octanol–water partition coefficient (Wildman–Crippen LogP) is 15.7. The van der Waals surface area contributed by atoms with Crippen molar-refractivity contribution in [2.24, 2.45) is 0 Å². The highest BCUT2D eigenvalue weighted by molar-refractivity contribution is 5.76. The number of rotatable bonds is 45. The fraction of sp³-hybridized carbons (Fsp3) is 0.863. The number of nitrogens with one attached hydrogen (secondary N) is 1. The van der Waals surface area contributed by atoms with Crippen molar-refractivity contribution in [1.29, 1.82) is 0 Å². The Morgan fingerprint density at radius 3 is 1.20 bits per heavy atom. The Morgan fingerprint density at radius 2 is 0.800 bits per heavy atom. The van der Waals surface area contributed by atoms with Crippen molar-refractivity contribution >= 4 is 5.91 Å². The Labute approximate surface area is 344 Å². The maximum absolute atomic E-state index is 12.4. The van der Waals surface area contributed by atoms with Crippen molar-refractivity contribution in [3.8, 4) is 0 Å². The summed E-state index contributed by atoms with van der Waals surface area (Å²) in [6.07, 6.45) is 62.5. The summed E-state index contributed by atoms with van der Waals surface area (Å²) in [4.78, 5) is 12.4. The molecule has 0 aromatic heterocycles. The van der Waals surface area contributed by atoms with Gasteiger partial charge < -0.3 is 15.5 Å². The van der Waals surface area contributed by atoms with Crippen LogP contribution < -0.4 is 5.32 Å². The third-order valence-electron chi connectivity index (χ3n) is 11.4. The molecule has 0 heterocycles. The molecule has 324 valence electrons. The fourth-order valence-corrected chi connectivity index (χ4v) is 7.67. The molecule has 0 aromatic carbocycles. The van der Waals surface area contributed by atoms with Crippen molar-refractivity contribution in [1.82, 2.24) is 5.32 Å². The van der Waals surface area contributed by atoms with Gasteiger partial charge in [-0.15, -0.1) is 0 Å². The maximum Gasteiger partial charge on any atom is 0.220 e. The maximum atomic E-state index is 12.4. The zero-order chi connectivity index (χ0) is 40.0. The lowest BCUT2D eigenvalue weighted by atomic mass is 10.0. The number of aliphatic hydroxyl groups is 2. The topological polar surface area (TPSA) is 69.6 Å². The van der Waals surface area contributed by atoms with E-state index < -0.39 is 12.1 Å². The minimum atomic E-state index is -0.667. The molecule has 3 N–H and O–H groups in total. The first-order valence-corrected chi connectivity index (χ1v) is 24.7. The van der Waals surface area contributed by atoms with Crippen LogP contribution in [-0.2, 0) is 4.79 Å². The Bertz CT molecular complexity index is 836. The molecule has 4 heteroatoms. The second-order valence-electron chi connectivity index (χ2n) is 16.9. The second kappa shape index (κ2) is 47.0. The fourth-order valence-electron chi connectivity index (χ4n) is 7.67. The van der Waals surface area contributed by atoms with Gasteiger partial charge in [-0.25, -0.2) is 0 Å². The molecule has 1 amide bonds. The number of unbranched alkanes of at least 4 members (excludes halogenated alkanes) is 32. The molecule has 0 bridgehead atoms. The minimum absolute atomic E-state index is 0.0466. The Morgan fingerprint density at radius 1 is 0.455 bits per heavy atom. The van der Waals surface area contributed by atoms with Gasteiger partial charge in [0.1, 0.15) is 0 Å². The minimum Gasteiger partial charge on any atom is -0.394 e. The summed E-state index contributed by atoms with van der Waals surface area (Å²) < 4.78 is 0. The molecule has 0 aliphatic rings. The Kier molecular flexibility index (Phi) is 45.8. The third kappa shape index (κ3) is 43.6. The van der Waals surface area contributed by atoms with E-state index in [4.69, 9.17) is 0 Å². The first-order valence-electron chi connectivity index (χ1n) is 24.7. The van der Waals surface area contributed by atoms with Crippen molar-refractivity contribution in [3.63, 3.8) is 0 Å². The second-order valence-corrected chi connectivity index (χ2v) is 16.9. The van der Waals surface area contributed by atoms with Crippen LogP contribution in [0.25, 0.3) is 0 Å². The number of carbonyl (C=O) groups is 1. The van der Waals surface area contributed by atoms with Crippen LogP contribution in [0.3, 0.4) is 0 Å².